The minimum absolute atomic E-state index is 0.296. The average molecular weight is 459 g/mol. The predicted octanol–water partition coefficient (Wildman–Crippen LogP) is 9.48. The molecule has 0 aliphatic heterocycles. The first-order chi connectivity index (χ1) is 16.9. The van der Waals surface area contributed by atoms with Crippen LogP contribution in [0.4, 0.5) is 0 Å². The van der Waals surface area contributed by atoms with Gasteiger partial charge in [0.05, 0.1) is 0 Å². The van der Waals surface area contributed by atoms with Crippen LogP contribution >= 0.6 is 0 Å². The van der Waals surface area contributed by atoms with E-state index in [-0.39, 0.29) is 0 Å². The fourth-order valence-electron chi connectivity index (χ4n) is 6.51. The van der Waals surface area contributed by atoms with Gasteiger partial charge < -0.3 is 0 Å². The normalized spacial score (nSPS) is 22.6. The van der Waals surface area contributed by atoms with Crippen LogP contribution in [-0.4, -0.2) is 0 Å². The van der Waals surface area contributed by atoms with Gasteiger partial charge in [-0.05, 0) is 89.7 Å². The molecule has 0 bridgehead atoms. The lowest BCUT2D eigenvalue weighted by Crippen LogP contribution is -2.21. The van der Waals surface area contributed by atoms with Crippen molar-refractivity contribution < 1.29 is 0 Å². The second kappa shape index (κ2) is 9.50. The van der Waals surface area contributed by atoms with Gasteiger partial charge >= 0.3 is 0 Å². The zero-order valence-corrected chi connectivity index (χ0v) is 21.9. The largest absolute Gasteiger partial charge is 0.0955 e. The molecule has 1 fully saturated rings. The van der Waals surface area contributed by atoms with Crippen LogP contribution in [0.15, 0.2) is 113 Å². The van der Waals surface area contributed by atoms with Crippen LogP contribution in [0.25, 0.3) is 5.57 Å². The highest BCUT2D eigenvalue weighted by Crippen LogP contribution is 2.55. The van der Waals surface area contributed by atoms with Crippen LogP contribution in [0.2, 0.25) is 0 Å². The summed E-state index contributed by atoms with van der Waals surface area (Å²) >= 11 is 0. The van der Waals surface area contributed by atoms with Gasteiger partial charge in [0.25, 0.3) is 0 Å². The second-order valence-corrected chi connectivity index (χ2v) is 10.6. The van der Waals surface area contributed by atoms with E-state index < -0.39 is 0 Å². The number of aryl methyl sites for hydroxylation is 1. The van der Waals surface area contributed by atoms with E-state index in [2.05, 4.69) is 95.0 Å². The van der Waals surface area contributed by atoms with E-state index in [0.717, 1.165) is 32.1 Å². The molecule has 2 aromatic rings. The van der Waals surface area contributed by atoms with Crippen molar-refractivity contribution in [1.82, 2.24) is 0 Å². The van der Waals surface area contributed by atoms with Crippen LogP contribution in [0.1, 0.15) is 75.1 Å². The summed E-state index contributed by atoms with van der Waals surface area (Å²) in [4.78, 5) is 0. The molecule has 5 rings (SSSR count). The smallest absolute Gasteiger partial charge is 0.0201 e. The molecule has 0 spiro atoms. The summed E-state index contributed by atoms with van der Waals surface area (Å²) in [5.41, 5.74) is 16.8. The minimum Gasteiger partial charge on any atom is -0.0955 e. The summed E-state index contributed by atoms with van der Waals surface area (Å²) in [5, 5.41) is 0. The number of hydrogen-bond donors (Lipinski definition) is 0. The van der Waals surface area contributed by atoms with Gasteiger partial charge in [0.2, 0.25) is 0 Å². The molecule has 0 N–H and O–H groups in total. The quantitative estimate of drug-likeness (QED) is 0.404. The van der Waals surface area contributed by atoms with Crippen molar-refractivity contribution in [2.45, 2.75) is 65.7 Å². The molecule has 2 unspecified atom stereocenters. The van der Waals surface area contributed by atoms with Crippen molar-refractivity contribution >= 4 is 5.57 Å². The van der Waals surface area contributed by atoms with Gasteiger partial charge in [-0.25, -0.2) is 0 Å². The summed E-state index contributed by atoms with van der Waals surface area (Å²) < 4.78 is 0. The van der Waals surface area contributed by atoms with Crippen LogP contribution in [0, 0.1) is 5.92 Å². The first kappa shape index (κ1) is 23.6. The molecular weight excluding hydrogens is 420 g/mol. The predicted molar refractivity (Wildman–Crippen MR) is 151 cm³/mol. The summed E-state index contributed by atoms with van der Waals surface area (Å²) in [6.45, 7) is 18.3. The third kappa shape index (κ3) is 4.14. The summed E-state index contributed by atoms with van der Waals surface area (Å²) in [6.07, 6.45) is 10.2. The lowest BCUT2D eigenvalue weighted by Gasteiger charge is -2.34. The van der Waals surface area contributed by atoms with Crippen molar-refractivity contribution in [2.75, 3.05) is 0 Å². The highest BCUT2D eigenvalue weighted by molar-refractivity contribution is 5.84. The Kier molecular flexibility index (Phi) is 6.41. The zero-order chi connectivity index (χ0) is 24.7. The standard InChI is InChI=1S/C35H38/c1-7-11-22(3)33-24(5)19-30-20-29(21-32-23(4)18-28-12-9-10-13-31(28)32)25(6)34(30)35(33)27-16-14-26(8-2)15-17-27/h9-10,12-17,19,21,34-35H,3,6-8,11,18,20H2,1-2,4-5H3. The molecule has 1 saturated carbocycles. The van der Waals surface area contributed by atoms with Gasteiger partial charge in [0, 0.05) is 11.8 Å². The van der Waals surface area contributed by atoms with Crippen LogP contribution in [0.3, 0.4) is 0 Å². The van der Waals surface area contributed by atoms with Crippen molar-refractivity contribution in [3.8, 4) is 0 Å². The third-order valence-corrected chi connectivity index (χ3v) is 8.27. The number of fused-ring (bicyclic) bond motifs is 2. The van der Waals surface area contributed by atoms with E-state index in [1.165, 1.54) is 66.8 Å². The van der Waals surface area contributed by atoms with E-state index in [1.807, 2.05) is 0 Å². The maximum absolute atomic E-state index is 4.73. The van der Waals surface area contributed by atoms with Crippen molar-refractivity contribution in [2.24, 2.45) is 5.92 Å². The highest BCUT2D eigenvalue weighted by atomic mass is 14.4. The molecule has 0 saturated heterocycles. The minimum atomic E-state index is 0.296. The number of rotatable bonds is 6. The van der Waals surface area contributed by atoms with Gasteiger partial charge in [-0.15, -0.1) is 0 Å². The van der Waals surface area contributed by atoms with Gasteiger partial charge in [0.1, 0.15) is 0 Å². The molecule has 0 heteroatoms. The Morgan fingerprint density at radius 3 is 2.43 bits per heavy atom. The Morgan fingerprint density at radius 2 is 1.71 bits per heavy atom. The molecule has 3 aliphatic rings. The van der Waals surface area contributed by atoms with Crippen LogP contribution in [0.5, 0.6) is 0 Å². The molecule has 2 aromatic carbocycles. The summed E-state index contributed by atoms with van der Waals surface area (Å²) in [7, 11) is 0. The SMILES string of the molecule is C=C(CCC)C1=C(C)C=C2CC(=CC3=C(C)Cc4ccccc43)C(=C)C2C1c1ccc(CC)cc1. The van der Waals surface area contributed by atoms with Crippen LogP contribution in [-0.2, 0) is 12.8 Å². The fraction of sp³-hybridized carbons (Fsp3) is 0.314. The Labute approximate surface area is 212 Å². The highest BCUT2D eigenvalue weighted by Gasteiger charge is 2.41. The lowest BCUT2D eigenvalue weighted by molar-refractivity contribution is 0.619. The first-order valence-electron chi connectivity index (χ1n) is 13.3. The topological polar surface area (TPSA) is 0 Å². The van der Waals surface area contributed by atoms with Crippen molar-refractivity contribution in [1.29, 1.82) is 0 Å². The fourth-order valence-corrected chi connectivity index (χ4v) is 6.51. The van der Waals surface area contributed by atoms with Crippen LogP contribution < -0.4 is 0 Å². The second-order valence-electron chi connectivity index (χ2n) is 10.6. The van der Waals surface area contributed by atoms with Gasteiger partial charge in [-0.2, -0.15) is 0 Å². The Balaban J connectivity index is 1.58. The number of hydrogen-bond acceptors (Lipinski definition) is 0. The molecule has 0 heterocycles. The maximum atomic E-state index is 4.73. The molecule has 0 amide bonds. The summed E-state index contributed by atoms with van der Waals surface area (Å²) in [6, 6.07) is 18.2. The first-order valence-corrected chi connectivity index (χ1v) is 13.3. The summed E-state index contributed by atoms with van der Waals surface area (Å²) in [5.74, 6) is 0.614. The van der Waals surface area contributed by atoms with E-state index in [0.29, 0.717) is 11.8 Å². The molecule has 0 aromatic heterocycles. The molecule has 3 aliphatic carbocycles. The van der Waals surface area contributed by atoms with Crippen molar-refractivity contribution in [3.63, 3.8) is 0 Å². The van der Waals surface area contributed by atoms with E-state index in [9.17, 15) is 0 Å². The molecule has 35 heavy (non-hydrogen) atoms. The van der Waals surface area contributed by atoms with Crippen molar-refractivity contribution in [3.05, 3.63) is 135 Å². The van der Waals surface area contributed by atoms with E-state index >= 15 is 0 Å². The Bertz CT molecular complexity index is 1320. The van der Waals surface area contributed by atoms with E-state index in [1.54, 1.807) is 0 Å². The number of allylic oxidation sites excluding steroid dienone is 10. The number of benzene rings is 2. The maximum Gasteiger partial charge on any atom is 0.0201 e. The molecule has 0 radical (unpaired) electrons. The molecule has 0 nitrogen and oxygen atoms in total. The third-order valence-electron chi connectivity index (χ3n) is 8.27. The lowest BCUT2D eigenvalue weighted by atomic mass is 9.69. The van der Waals surface area contributed by atoms with Gasteiger partial charge in [0.15, 0.2) is 0 Å². The van der Waals surface area contributed by atoms with E-state index in [4.69, 9.17) is 6.58 Å². The molecular formula is C35H38. The Hall–Kier alpha value is -3.12. The average Bonchev–Trinajstić information content (AvgIpc) is 3.34. The monoisotopic (exact) mass is 458 g/mol. The zero-order valence-electron chi connectivity index (χ0n) is 21.9. The molecule has 2 atom stereocenters. The van der Waals surface area contributed by atoms with Gasteiger partial charge in [-0.1, -0.05) is 111 Å². The Morgan fingerprint density at radius 1 is 0.971 bits per heavy atom. The van der Waals surface area contributed by atoms with Gasteiger partial charge in [-0.3, -0.25) is 0 Å². The molecule has 178 valence electrons.